The summed E-state index contributed by atoms with van der Waals surface area (Å²) in [5, 5.41) is 0. The lowest BCUT2D eigenvalue weighted by molar-refractivity contribution is 0.0641. The zero-order valence-corrected chi connectivity index (χ0v) is 12.4. The molecule has 1 aliphatic heterocycles. The topological polar surface area (TPSA) is 52.8 Å². The maximum Gasteiger partial charge on any atom is 0.253 e. The van der Waals surface area contributed by atoms with E-state index in [1.54, 1.807) is 0 Å². The molecule has 0 aliphatic carbocycles. The summed E-state index contributed by atoms with van der Waals surface area (Å²) in [5.74, 6) is 0.128. The van der Waals surface area contributed by atoms with Crippen LogP contribution in [0.4, 0.5) is 5.69 Å². The van der Waals surface area contributed by atoms with Gasteiger partial charge in [0, 0.05) is 64.6 Å². The monoisotopic (exact) mass is 276 g/mol. The first-order valence-corrected chi connectivity index (χ1v) is 7.11. The smallest absolute Gasteiger partial charge is 0.253 e. The molecule has 0 atom stereocenters. The summed E-state index contributed by atoms with van der Waals surface area (Å²) < 4.78 is 0. The van der Waals surface area contributed by atoms with Crippen molar-refractivity contribution in [2.45, 2.75) is 0 Å². The van der Waals surface area contributed by atoms with Crippen molar-refractivity contribution in [2.24, 2.45) is 5.73 Å². The van der Waals surface area contributed by atoms with Crippen molar-refractivity contribution in [3.05, 3.63) is 29.8 Å². The molecule has 5 heteroatoms. The maximum absolute atomic E-state index is 12.4. The molecule has 0 radical (unpaired) electrons. The van der Waals surface area contributed by atoms with Crippen molar-refractivity contribution < 1.29 is 4.79 Å². The first-order valence-electron chi connectivity index (χ1n) is 7.11. The van der Waals surface area contributed by atoms with Gasteiger partial charge >= 0.3 is 0 Å². The van der Waals surface area contributed by atoms with E-state index in [9.17, 15) is 4.79 Å². The van der Waals surface area contributed by atoms with Crippen molar-refractivity contribution in [1.82, 2.24) is 9.80 Å². The molecule has 1 aromatic carbocycles. The second kappa shape index (κ2) is 6.72. The normalized spacial score (nSPS) is 16.2. The predicted octanol–water partition coefficient (Wildman–Crippen LogP) is 0.469. The predicted molar refractivity (Wildman–Crippen MR) is 82.2 cm³/mol. The van der Waals surface area contributed by atoms with Crippen LogP contribution in [0.25, 0.3) is 0 Å². The SMILES string of the molecule is CN(C)c1ccc(C(=O)N2CCN(CCN)CC2)cc1. The Bertz CT molecular complexity index is 436. The Labute approximate surface area is 120 Å². The molecule has 1 aliphatic rings. The first-order chi connectivity index (χ1) is 9.61. The van der Waals surface area contributed by atoms with E-state index in [2.05, 4.69) is 4.90 Å². The van der Waals surface area contributed by atoms with Gasteiger partial charge in [-0.15, -0.1) is 0 Å². The molecular formula is C15H24N4O. The van der Waals surface area contributed by atoms with Gasteiger partial charge in [-0.2, -0.15) is 0 Å². The molecule has 1 aromatic rings. The summed E-state index contributed by atoms with van der Waals surface area (Å²) >= 11 is 0. The van der Waals surface area contributed by atoms with Crippen LogP contribution in [-0.2, 0) is 0 Å². The number of hydrogen-bond donors (Lipinski definition) is 1. The standard InChI is InChI=1S/C15H24N4O/c1-17(2)14-5-3-13(4-6-14)15(20)19-11-9-18(8-7-16)10-12-19/h3-6H,7-12,16H2,1-2H3. The van der Waals surface area contributed by atoms with Crippen molar-refractivity contribution in [2.75, 3.05) is 58.3 Å². The number of amides is 1. The fourth-order valence-electron chi connectivity index (χ4n) is 2.44. The number of nitrogens with two attached hydrogens (primary N) is 1. The van der Waals surface area contributed by atoms with Crippen molar-refractivity contribution >= 4 is 11.6 Å². The molecular weight excluding hydrogens is 252 g/mol. The summed E-state index contributed by atoms with van der Waals surface area (Å²) in [6, 6.07) is 7.78. The van der Waals surface area contributed by atoms with Gasteiger partial charge in [0.05, 0.1) is 0 Å². The summed E-state index contributed by atoms with van der Waals surface area (Å²) in [4.78, 5) is 18.7. The van der Waals surface area contributed by atoms with E-state index in [0.29, 0.717) is 6.54 Å². The van der Waals surface area contributed by atoms with Gasteiger partial charge in [-0.1, -0.05) is 0 Å². The minimum Gasteiger partial charge on any atom is -0.378 e. The zero-order chi connectivity index (χ0) is 14.5. The Morgan fingerprint density at radius 3 is 2.25 bits per heavy atom. The van der Waals surface area contributed by atoms with Gasteiger partial charge in [0.2, 0.25) is 0 Å². The fraction of sp³-hybridized carbons (Fsp3) is 0.533. The highest BCUT2D eigenvalue weighted by atomic mass is 16.2. The van der Waals surface area contributed by atoms with Crippen LogP contribution in [0.3, 0.4) is 0 Å². The van der Waals surface area contributed by atoms with Crippen molar-refractivity contribution in [3.8, 4) is 0 Å². The van der Waals surface area contributed by atoms with E-state index in [1.807, 2.05) is 48.2 Å². The lowest BCUT2D eigenvalue weighted by Crippen LogP contribution is -2.49. The maximum atomic E-state index is 12.4. The second-order valence-corrected chi connectivity index (χ2v) is 5.36. The third kappa shape index (κ3) is 3.49. The van der Waals surface area contributed by atoms with Crippen molar-refractivity contribution in [3.63, 3.8) is 0 Å². The molecule has 0 aromatic heterocycles. The lowest BCUT2D eigenvalue weighted by Gasteiger charge is -2.34. The summed E-state index contributed by atoms with van der Waals surface area (Å²) in [5.41, 5.74) is 7.43. The van der Waals surface area contributed by atoms with Crippen LogP contribution in [0, 0.1) is 0 Å². The molecule has 1 fully saturated rings. The molecule has 1 heterocycles. The average molecular weight is 276 g/mol. The van der Waals surface area contributed by atoms with Gasteiger partial charge < -0.3 is 15.5 Å². The minimum absolute atomic E-state index is 0.128. The molecule has 2 rings (SSSR count). The fourth-order valence-corrected chi connectivity index (χ4v) is 2.44. The van der Waals surface area contributed by atoms with E-state index in [1.165, 1.54) is 0 Å². The Kier molecular flexibility index (Phi) is 4.98. The molecule has 20 heavy (non-hydrogen) atoms. The van der Waals surface area contributed by atoms with E-state index in [4.69, 9.17) is 5.73 Å². The quantitative estimate of drug-likeness (QED) is 0.868. The van der Waals surface area contributed by atoms with Crippen LogP contribution >= 0.6 is 0 Å². The van der Waals surface area contributed by atoms with Gasteiger partial charge in [-0.05, 0) is 24.3 Å². The number of anilines is 1. The van der Waals surface area contributed by atoms with Crippen molar-refractivity contribution in [1.29, 1.82) is 0 Å². The van der Waals surface area contributed by atoms with Crippen LogP contribution in [0.1, 0.15) is 10.4 Å². The Morgan fingerprint density at radius 2 is 1.75 bits per heavy atom. The largest absolute Gasteiger partial charge is 0.378 e. The number of nitrogens with zero attached hydrogens (tertiary/aromatic N) is 3. The summed E-state index contributed by atoms with van der Waals surface area (Å²) in [6.45, 7) is 5.00. The van der Waals surface area contributed by atoms with Crippen LogP contribution in [0.15, 0.2) is 24.3 Å². The molecule has 0 saturated carbocycles. The van der Waals surface area contributed by atoms with Gasteiger partial charge in [0.1, 0.15) is 0 Å². The zero-order valence-electron chi connectivity index (χ0n) is 12.4. The third-order valence-electron chi connectivity index (χ3n) is 3.74. The molecule has 0 unspecified atom stereocenters. The van der Waals surface area contributed by atoms with E-state index in [0.717, 1.165) is 44.0 Å². The average Bonchev–Trinajstić information content (AvgIpc) is 2.48. The minimum atomic E-state index is 0.128. The Morgan fingerprint density at radius 1 is 1.15 bits per heavy atom. The van der Waals surface area contributed by atoms with Crippen LogP contribution in [0.5, 0.6) is 0 Å². The highest BCUT2D eigenvalue weighted by molar-refractivity contribution is 5.94. The molecule has 2 N–H and O–H groups in total. The molecule has 1 amide bonds. The number of carbonyl (C=O) groups is 1. The van der Waals surface area contributed by atoms with Crippen LogP contribution in [-0.4, -0.2) is 69.1 Å². The van der Waals surface area contributed by atoms with Crippen LogP contribution in [0.2, 0.25) is 0 Å². The highest BCUT2D eigenvalue weighted by Gasteiger charge is 2.21. The van der Waals surface area contributed by atoms with E-state index >= 15 is 0 Å². The number of hydrogen-bond acceptors (Lipinski definition) is 4. The van der Waals surface area contributed by atoms with Crippen LogP contribution < -0.4 is 10.6 Å². The number of carbonyl (C=O) groups excluding carboxylic acids is 1. The Hall–Kier alpha value is -1.59. The molecule has 110 valence electrons. The van der Waals surface area contributed by atoms with Gasteiger partial charge in [0.25, 0.3) is 5.91 Å². The summed E-state index contributed by atoms with van der Waals surface area (Å²) in [7, 11) is 3.99. The van der Waals surface area contributed by atoms with Gasteiger partial charge in [-0.25, -0.2) is 0 Å². The van der Waals surface area contributed by atoms with Gasteiger partial charge in [0.15, 0.2) is 0 Å². The number of rotatable bonds is 4. The summed E-state index contributed by atoms with van der Waals surface area (Å²) in [6.07, 6.45) is 0. The highest BCUT2D eigenvalue weighted by Crippen LogP contribution is 2.14. The lowest BCUT2D eigenvalue weighted by atomic mass is 10.1. The number of benzene rings is 1. The second-order valence-electron chi connectivity index (χ2n) is 5.36. The third-order valence-corrected chi connectivity index (χ3v) is 3.74. The Balaban J connectivity index is 1.95. The van der Waals surface area contributed by atoms with E-state index in [-0.39, 0.29) is 5.91 Å². The first kappa shape index (κ1) is 14.8. The van der Waals surface area contributed by atoms with Gasteiger partial charge in [-0.3, -0.25) is 9.69 Å². The molecule has 0 spiro atoms. The number of piperazine rings is 1. The molecule has 0 bridgehead atoms. The van der Waals surface area contributed by atoms with E-state index < -0.39 is 0 Å². The molecule has 1 saturated heterocycles. The molecule has 5 nitrogen and oxygen atoms in total.